The molecule has 1 rings (SSSR count). The van der Waals surface area contributed by atoms with Crippen molar-refractivity contribution in [3.63, 3.8) is 0 Å². The van der Waals surface area contributed by atoms with E-state index in [4.69, 9.17) is 10.5 Å². The highest BCUT2D eigenvalue weighted by molar-refractivity contribution is 5.95. The zero-order chi connectivity index (χ0) is 15.1. The van der Waals surface area contributed by atoms with Gasteiger partial charge in [-0.25, -0.2) is 0 Å². The second-order valence-electron chi connectivity index (χ2n) is 4.82. The molecule has 1 aromatic carbocycles. The van der Waals surface area contributed by atoms with Crippen LogP contribution in [0.2, 0.25) is 0 Å². The zero-order valence-corrected chi connectivity index (χ0v) is 12.0. The number of nitrogen functional groups attached to an aromatic ring is 1. The molecule has 0 aliphatic carbocycles. The van der Waals surface area contributed by atoms with Gasteiger partial charge in [-0.05, 0) is 24.1 Å². The molecule has 20 heavy (non-hydrogen) atoms. The molecule has 0 aliphatic rings. The first kappa shape index (κ1) is 15.8. The summed E-state index contributed by atoms with van der Waals surface area (Å²) in [6.45, 7) is 4.52. The molecule has 0 spiro atoms. The molecule has 0 unspecified atom stereocenters. The Labute approximate surface area is 118 Å². The molecule has 4 N–H and O–H groups in total. The number of hydrogen-bond acceptors (Lipinski definition) is 4. The van der Waals surface area contributed by atoms with Gasteiger partial charge in [-0.1, -0.05) is 13.8 Å². The molecule has 0 aromatic heterocycles. The second kappa shape index (κ2) is 7.37. The summed E-state index contributed by atoms with van der Waals surface area (Å²) in [5, 5.41) is 5.25. The van der Waals surface area contributed by atoms with Crippen molar-refractivity contribution in [2.45, 2.75) is 13.8 Å². The summed E-state index contributed by atoms with van der Waals surface area (Å²) < 4.78 is 5.33. The van der Waals surface area contributed by atoms with Crippen LogP contribution in [0, 0.1) is 5.92 Å². The van der Waals surface area contributed by atoms with Crippen LogP contribution in [0.1, 0.15) is 24.2 Å². The van der Waals surface area contributed by atoms with Crippen LogP contribution in [-0.4, -0.2) is 32.0 Å². The third-order valence-corrected chi connectivity index (χ3v) is 2.57. The Morgan fingerprint density at radius 2 is 2.05 bits per heavy atom. The van der Waals surface area contributed by atoms with Gasteiger partial charge in [0.1, 0.15) is 5.75 Å². The molecule has 0 heterocycles. The van der Waals surface area contributed by atoms with Crippen LogP contribution in [0.25, 0.3) is 0 Å². The van der Waals surface area contributed by atoms with Crippen molar-refractivity contribution in [1.29, 1.82) is 0 Å². The fourth-order valence-corrected chi connectivity index (χ4v) is 1.48. The number of nitrogens with one attached hydrogen (secondary N) is 2. The lowest BCUT2D eigenvalue weighted by atomic mass is 10.2. The summed E-state index contributed by atoms with van der Waals surface area (Å²) in [7, 11) is 1.54. The monoisotopic (exact) mass is 279 g/mol. The van der Waals surface area contributed by atoms with Crippen LogP contribution in [0.4, 0.5) is 5.69 Å². The fraction of sp³-hybridized carbons (Fsp3) is 0.429. The molecule has 2 amide bonds. The average Bonchev–Trinajstić information content (AvgIpc) is 2.42. The minimum Gasteiger partial charge on any atom is -0.482 e. The summed E-state index contributed by atoms with van der Waals surface area (Å²) in [6, 6.07) is 4.69. The van der Waals surface area contributed by atoms with Crippen LogP contribution in [0.15, 0.2) is 18.2 Å². The van der Waals surface area contributed by atoms with Crippen molar-refractivity contribution in [3.05, 3.63) is 23.8 Å². The summed E-state index contributed by atoms with van der Waals surface area (Å²) in [4.78, 5) is 22.9. The van der Waals surface area contributed by atoms with Crippen LogP contribution in [0.3, 0.4) is 0 Å². The van der Waals surface area contributed by atoms with Crippen molar-refractivity contribution in [2.75, 3.05) is 25.9 Å². The van der Waals surface area contributed by atoms with E-state index in [0.717, 1.165) is 0 Å². The quantitative estimate of drug-likeness (QED) is 0.671. The summed E-state index contributed by atoms with van der Waals surface area (Å²) in [6.07, 6.45) is 0. The number of nitrogens with two attached hydrogens (primary N) is 1. The molecule has 6 nitrogen and oxygen atoms in total. The molecule has 0 aliphatic heterocycles. The Morgan fingerprint density at radius 3 is 2.60 bits per heavy atom. The number of amides is 2. The summed E-state index contributed by atoms with van der Waals surface area (Å²) in [5.74, 6) is 0.347. The van der Waals surface area contributed by atoms with Crippen molar-refractivity contribution in [3.8, 4) is 5.75 Å². The summed E-state index contributed by atoms with van der Waals surface area (Å²) in [5.41, 5.74) is 6.55. The fourth-order valence-electron chi connectivity index (χ4n) is 1.48. The van der Waals surface area contributed by atoms with Gasteiger partial charge in [0.25, 0.3) is 11.8 Å². The van der Waals surface area contributed by atoms with Gasteiger partial charge in [0.2, 0.25) is 0 Å². The number of hydrogen-bond donors (Lipinski definition) is 3. The Kier molecular flexibility index (Phi) is 5.83. The molecular formula is C14H21N3O3. The van der Waals surface area contributed by atoms with Gasteiger partial charge in [-0.3, -0.25) is 9.59 Å². The van der Waals surface area contributed by atoms with Gasteiger partial charge in [-0.15, -0.1) is 0 Å². The average molecular weight is 279 g/mol. The Bertz CT molecular complexity index is 487. The van der Waals surface area contributed by atoms with Gasteiger partial charge in [0.15, 0.2) is 6.61 Å². The number of carbonyl (C=O) groups is 2. The van der Waals surface area contributed by atoms with E-state index in [2.05, 4.69) is 10.6 Å². The molecule has 6 heteroatoms. The predicted molar refractivity (Wildman–Crippen MR) is 77.6 cm³/mol. The topological polar surface area (TPSA) is 93.4 Å². The third-order valence-electron chi connectivity index (χ3n) is 2.57. The normalized spacial score (nSPS) is 10.2. The van der Waals surface area contributed by atoms with E-state index in [1.165, 1.54) is 6.07 Å². The van der Waals surface area contributed by atoms with Gasteiger partial charge in [0, 0.05) is 19.2 Å². The predicted octanol–water partition coefficient (Wildman–Crippen LogP) is 0.779. The van der Waals surface area contributed by atoms with E-state index in [1.54, 1.807) is 19.2 Å². The number of ether oxygens (including phenoxy) is 1. The molecule has 0 bridgehead atoms. The zero-order valence-electron chi connectivity index (χ0n) is 12.0. The molecule has 0 fully saturated rings. The Balaban J connectivity index is 2.56. The van der Waals surface area contributed by atoms with Crippen molar-refractivity contribution < 1.29 is 14.3 Å². The van der Waals surface area contributed by atoms with Gasteiger partial charge < -0.3 is 21.1 Å². The molecule has 1 aromatic rings. The van der Waals surface area contributed by atoms with E-state index in [9.17, 15) is 9.59 Å². The van der Waals surface area contributed by atoms with Gasteiger partial charge in [0.05, 0.1) is 5.69 Å². The molecule has 0 atom stereocenters. The largest absolute Gasteiger partial charge is 0.482 e. The first-order chi connectivity index (χ1) is 9.43. The Hall–Kier alpha value is -2.24. The second-order valence-corrected chi connectivity index (χ2v) is 4.82. The number of benzene rings is 1. The molecule has 0 radical (unpaired) electrons. The minimum atomic E-state index is -0.224. The maximum absolute atomic E-state index is 11.5. The van der Waals surface area contributed by atoms with Crippen LogP contribution in [0.5, 0.6) is 5.75 Å². The van der Waals surface area contributed by atoms with Crippen molar-refractivity contribution >= 4 is 17.5 Å². The number of rotatable bonds is 6. The van der Waals surface area contributed by atoms with E-state index < -0.39 is 0 Å². The van der Waals surface area contributed by atoms with Crippen molar-refractivity contribution in [1.82, 2.24) is 10.6 Å². The number of anilines is 1. The standard InChI is InChI=1S/C14H21N3O3/c1-9(2)7-17-13(18)8-20-12-5-4-10(6-11(12)15)14(19)16-3/h4-6,9H,7-8,15H2,1-3H3,(H,16,19)(H,17,18). The maximum atomic E-state index is 11.5. The van der Waals surface area contributed by atoms with Gasteiger partial charge >= 0.3 is 0 Å². The molecular weight excluding hydrogens is 258 g/mol. The van der Waals surface area contributed by atoms with Crippen LogP contribution < -0.4 is 21.1 Å². The molecule has 0 saturated carbocycles. The lowest BCUT2D eigenvalue weighted by molar-refractivity contribution is -0.123. The smallest absolute Gasteiger partial charge is 0.257 e. The number of carbonyl (C=O) groups excluding carboxylic acids is 2. The highest BCUT2D eigenvalue weighted by Crippen LogP contribution is 2.22. The lowest BCUT2D eigenvalue weighted by Crippen LogP contribution is -2.31. The van der Waals surface area contributed by atoms with Crippen LogP contribution >= 0.6 is 0 Å². The third kappa shape index (κ3) is 4.79. The van der Waals surface area contributed by atoms with Crippen LogP contribution in [-0.2, 0) is 4.79 Å². The van der Waals surface area contributed by atoms with E-state index >= 15 is 0 Å². The van der Waals surface area contributed by atoms with E-state index in [-0.39, 0.29) is 18.4 Å². The minimum absolute atomic E-state index is 0.101. The molecule has 0 saturated heterocycles. The maximum Gasteiger partial charge on any atom is 0.257 e. The summed E-state index contributed by atoms with van der Waals surface area (Å²) >= 11 is 0. The Morgan fingerprint density at radius 1 is 1.35 bits per heavy atom. The van der Waals surface area contributed by atoms with Gasteiger partial charge in [-0.2, -0.15) is 0 Å². The highest BCUT2D eigenvalue weighted by Gasteiger charge is 2.09. The highest BCUT2D eigenvalue weighted by atomic mass is 16.5. The van der Waals surface area contributed by atoms with E-state index in [0.29, 0.717) is 29.5 Å². The SMILES string of the molecule is CNC(=O)c1ccc(OCC(=O)NCC(C)C)c(N)c1. The van der Waals surface area contributed by atoms with E-state index in [1.807, 2.05) is 13.8 Å². The first-order valence-electron chi connectivity index (χ1n) is 6.45. The first-order valence-corrected chi connectivity index (χ1v) is 6.45. The lowest BCUT2D eigenvalue weighted by Gasteiger charge is -2.11. The molecule has 110 valence electrons. The van der Waals surface area contributed by atoms with Crippen molar-refractivity contribution in [2.24, 2.45) is 5.92 Å².